The number of halogens is 2. The standard InChI is InChI=1S/C25H31BrClN3O4/c1-17(11-27)15-34-24-9-6-19(10-23(24)26)25(2,3)18-4-7-22(8-5-18)33-16-21(32)13-30-12-20(14-31)28-29-30/h4-10,12,17,21,31-32H,11,13-16H2,1-3H3/t17-,21-/m1/s1. The fourth-order valence-corrected chi connectivity index (χ4v) is 3.96. The average Bonchev–Trinajstić information content (AvgIpc) is 3.29. The van der Waals surface area contributed by atoms with E-state index in [0.717, 1.165) is 21.3 Å². The zero-order valence-corrected chi connectivity index (χ0v) is 22.0. The monoisotopic (exact) mass is 551 g/mol. The molecule has 0 bridgehead atoms. The number of alkyl halides is 1. The molecule has 0 saturated heterocycles. The first-order chi connectivity index (χ1) is 16.2. The zero-order valence-electron chi connectivity index (χ0n) is 19.6. The maximum absolute atomic E-state index is 10.2. The molecule has 3 aromatic rings. The second kappa shape index (κ2) is 12.0. The second-order valence-corrected chi connectivity index (χ2v) is 10.1. The molecule has 0 saturated carbocycles. The Kier molecular flexibility index (Phi) is 9.36. The molecule has 0 aliphatic carbocycles. The molecule has 7 nitrogen and oxygen atoms in total. The Balaban J connectivity index is 1.59. The number of benzene rings is 2. The van der Waals surface area contributed by atoms with E-state index in [1.165, 1.54) is 4.68 Å². The molecule has 0 spiro atoms. The van der Waals surface area contributed by atoms with Crippen molar-refractivity contribution in [2.45, 2.75) is 45.4 Å². The quantitative estimate of drug-likeness (QED) is 0.321. The highest BCUT2D eigenvalue weighted by Gasteiger charge is 2.24. The Morgan fingerprint density at radius 2 is 1.79 bits per heavy atom. The van der Waals surface area contributed by atoms with Gasteiger partial charge < -0.3 is 19.7 Å². The predicted octanol–water partition coefficient (Wildman–Crippen LogP) is 4.55. The van der Waals surface area contributed by atoms with Crippen LogP contribution in [-0.2, 0) is 18.6 Å². The van der Waals surface area contributed by atoms with E-state index in [0.29, 0.717) is 23.9 Å². The highest BCUT2D eigenvalue weighted by Crippen LogP contribution is 2.36. The average molecular weight is 553 g/mol. The summed E-state index contributed by atoms with van der Waals surface area (Å²) in [4.78, 5) is 0. The van der Waals surface area contributed by atoms with Crippen molar-refractivity contribution < 1.29 is 19.7 Å². The van der Waals surface area contributed by atoms with E-state index >= 15 is 0 Å². The number of hydrogen-bond acceptors (Lipinski definition) is 6. The van der Waals surface area contributed by atoms with Crippen LogP contribution >= 0.6 is 27.5 Å². The fraction of sp³-hybridized carbons (Fsp3) is 0.440. The molecule has 0 radical (unpaired) electrons. The molecule has 1 aromatic heterocycles. The normalized spacial score (nSPS) is 13.5. The van der Waals surface area contributed by atoms with Gasteiger partial charge in [0.15, 0.2) is 0 Å². The summed E-state index contributed by atoms with van der Waals surface area (Å²) in [6.07, 6.45) is 0.840. The summed E-state index contributed by atoms with van der Waals surface area (Å²) in [5, 5.41) is 26.9. The van der Waals surface area contributed by atoms with Gasteiger partial charge in [0.05, 0.1) is 30.4 Å². The van der Waals surface area contributed by atoms with Gasteiger partial charge in [0.2, 0.25) is 0 Å². The van der Waals surface area contributed by atoms with E-state index < -0.39 is 6.10 Å². The molecule has 2 aromatic carbocycles. The van der Waals surface area contributed by atoms with E-state index in [9.17, 15) is 5.11 Å². The maximum Gasteiger partial charge on any atom is 0.133 e. The molecule has 34 heavy (non-hydrogen) atoms. The van der Waals surface area contributed by atoms with Crippen molar-refractivity contribution in [1.29, 1.82) is 0 Å². The fourth-order valence-electron chi connectivity index (χ4n) is 3.38. The Morgan fingerprint density at radius 3 is 2.41 bits per heavy atom. The van der Waals surface area contributed by atoms with Crippen LogP contribution in [0.4, 0.5) is 0 Å². The molecule has 0 aliphatic heterocycles. The summed E-state index contributed by atoms with van der Waals surface area (Å²) in [5.74, 6) is 2.33. The summed E-state index contributed by atoms with van der Waals surface area (Å²) >= 11 is 9.50. The number of ether oxygens (including phenoxy) is 2. The number of rotatable bonds is 12. The highest BCUT2D eigenvalue weighted by atomic mass is 79.9. The third-order valence-electron chi connectivity index (χ3n) is 5.60. The number of aliphatic hydroxyl groups excluding tert-OH is 2. The lowest BCUT2D eigenvalue weighted by molar-refractivity contribution is 0.0888. The van der Waals surface area contributed by atoms with Crippen LogP contribution in [0, 0.1) is 5.92 Å². The molecule has 0 aliphatic rings. The lowest BCUT2D eigenvalue weighted by Gasteiger charge is -2.27. The third-order valence-corrected chi connectivity index (χ3v) is 6.75. The molecule has 184 valence electrons. The molecule has 2 N–H and O–H groups in total. The van der Waals surface area contributed by atoms with Gasteiger partial charge in [-0.25, -0.2) is 4.68 Å². The van der Waals surface area contributed by atoms with E-state index in [-0.39, 0.29) is 31.1 Å². The van der Waals surface area contributed by atoms with Gasteiger partial charge in [-0.15, -0.1) is 16.7 Å². The van der Waals surface area contributed by atoms with Crippen LogP contribution in [0.1, 0.15) is 37.6 Å². The van der Waals surface area contributed by atoms with Crippen molar-refractivity contribution in [3.63, 3.8) is 0 Å². The SMILES string of the molecule is C[C@H](CCl)COc1ccc(C(C)(C)c2ccc(OC[C@H](O)Cn3cc(CO)nn3)cc2)cc1Br. The lowest BCUT2D eigenvalue weighted by atomic mass is 9.78. The smallest absolute Gasteiger partial charge is 0.133 e. The largest absolute Gasteiger partial charge is 0.492 e. The number of hydrogen-bond donors (Lipinski definition) is 2. The predicted molar refractivity (Wildman–Crippen MR) is 136 cm³/mol. The van der Waals surface area contributed by atoms with Gasteiger partial charge in [-0.1, -0.05) is 44.2 Å². The first-order valence-electron chi connectivity index (χ1n) is 11.1. The molecule has 1 heterocycles. The van der Waals surface area contributed by atoms with Gasteiger partial charge in [-0.3, -0.25) is 0 Å². The van der Waals surface area contributed by atoms with Crippen molar-refractivity contribution in [1.82, 2.24) is 15.0 Å². The van der Waals surface area contributed by atoms with Gasteiger partial charge in [0.25, 0.3) is 0 Å². The Morgan fingerprint density at radius 1 is 1.09 bits per heavy atom. The number of nitrogens with zero attached hydrogens (tertiary/aromatic N) is 3. The van der Waals surface area contributed by atoms with Gasteiger partial charge in [-0.05, 0) is 51.3 Å². The minimum Gasteiger partial charge on any atom is -0.492 e. The topological polar surface area (TPSA) is 89.6 Å². The molecule has 0 unspecified atom stereocenters. The lowest BCUT2D eigenvalue weighted by Crippen LogP contribution is -2.24. The summed E-state index contributed by atoms with van der Waals surface area (Å²) in [7, 11) is 0. The van der Waals surface area contributed by atoms with Gasteiger partial charge in [0.1, 0.15) is 29.9 Å². The van der Waals surface area contributed by atoms with Crippen molar-refractivity contribution in [3.05, 3.63) is 70.0 Å². The Bertz CT molecular complexity index is 1060. The zero-order chi connectivity index (χ0) is 24.7. The summed E-state index contributed by atoms with van der Waals surface area (Å²) in [5.41, 5.74) is 2.51. The second-order valence-electron chi connectivity index (χ2n) is 8.92. The molecule has 3 rings (SSSR count). The van der Waals surface area contributed by atoms with Crippen LogP contribution < -0.4 is 9.47 Å². The van der Waals surface area contributed by atoms with Crippen molar-refractivity contribution in [2.75, 3.05) is 19.1 Å². The molecule has 0 fully saturated rings. The van der Waals surface area contributed by atoms with Crippen LogP contribution in [-0.4, -0.2) is 50.4 Å². The maximum atomic E-state index is 10.2. The third kappa shape index (κ3) is 6.95. The first-order valence-corrected chi connectivity index (χ1v) is 12.5. The summed E-state index contributed by atoms with van der Waals surface area (Å²) in [6.45, 7) is 7.14. The first kappa shape index (κ1) is 26.5. The van der Waals surface area contributed by atoms with E-state index in [1.54, 1.807) is 6.20 Å². The van der Waals surface area contributed by atoms with Crippen LogP contribution in [0.5, 0.6) is 11.5 Å². The minimum absolute atomic E-state index is 0.119. The Labute approximate surface area is 213 Å². The molecular weight excluding hydrogens is 522 g/mol. The highest BCUT2D eigenvalue weighted by molar-refractivity contribution is 9.10. The molecular formula is C25H31BrClN3O4. The van der Waals surface area contributed by atoms with Gasteiger partial charge in [-0.2, -0.15) is 0 Å². The number of aromatic nitrogens is 3. The van der Waals surface area contributed by atoms with Crippen molar-refractivity contribution in [2.24, 2.45) is 5.92 Å². The molecule has 0 amide bonds. The molecule has 9 heteroatoms. The van der Waals surface area contributed by atoms with Crippen LogP contribution in [0.3, 0.4) is 0 Å². The Hall–Kier alpha value is -2.13. The van der Waals surface area contributed by atoms with Gasteiger partial charge in [0, 0.05) is 17.2 Å². The van der Waals surface area contributed by atoms with Crippen molar-refractivity contribution in [3.8, 4) is 11.5 Å². The van der Waals surface area contributed by atoms with E-state index in [4.69, 9.17) is 26.2 Å². The van der Waals surface area contributed by atoms with E-state index in [2.05, 4.69) is 59.1 Å². The van der Waals surface area contributed by atoms with Crippen LogP contribution in [0.25, 0.3) is 0 Å². The summed E-state index contributed by atoms with van der Waals surface area (Å²) in [6, 6.07) is 14.0. The van der Waals surface area contributed by atoms with Crippen LogP contribution in [0.2, 0.25) is 0 Å². The molecule has 2 atom stereocenters. The minimum atomic E-state index is -0.755. The van der Waals surface area contributed by atoms with E-state index in [1.807, 2.05) is 30.3 Å². The van der Waals surface area contributed by atoms with Crippen LogP contribution in [0.15, 0.2) is 53.1 Å². The number of aliphatic hydroxyl groups is 2. The van der Waals surface area contributed by atoms with Gasteiger partial charge >= 0.3 is 0 Å². The summed E-state index contributed by atoms with van der Waals surface area (Å²) < 4.78 is 14.0. The van der Waals surface area contributed by atoms with Crippen molar-refractivity contribution >= 4 is 27.5 Å².